The van der Waals surface area contributed by atoms with Crippen molar-refractivity contribution in [1.82, 2.24) is 4.57 Å². The van der Waals surface area contributed by atoms with E-state index in [9.17, 15) is 0 Å². The Bertz CT molecular complexity index is 1100. The van der Waals surface area contributed by atoms with E-state index in [2.05, 4.69) is 83.8 Å². The summed E-state index contributed by atoms with van der Waals surface area (Å²) < 4.78 is 2.15. The number of aryl methyl sites for hydroxylation is 1. The van der Waals surface area contributed by atoms with Gasteiger partial charge in [0, 0.05) is 40.8 Å². The topological polar surface area (TPSA) is 29.3 Å². The first-order chi connectivity index (χ1) is 11.3. The van der Waals surface area contributed by atoms with Gasteiger partial charge in [-0.15, -0.1) is 0 Å². The van der Waals surface area contributed by atoms with Crippen LogP contribution in [0.25, 0.3) is 21.7 Å². The van der Waals surface area contributed by atoms with E-state index in [0.717, 1.165) is 22.8 Å². The Kier molecular flexibility index (Phi) is 2.42. The number of benzene rings is 3. The largest absolute Gasteiger partial charge is 0.350 e. The number of fused-ring (bicyclic) bond motifs is 1. The van der Waals surface area contributed by atoms with Crippen molar-refractivity contribution in [3.63, 3.8) is 0 Å². The van der Waals surface area contributed by atoms with E-state index in [1.54, 1.807) is 0 Å². The Morgan fingerprint density at radius 2 is 1.74 bits per heavy atom. The number of aliphatic imine (C=N–C) groups is 1. The molecule has 0 aliphatic carbocycles. The van der Waals surface area contributed by atoms with Crippen molar-refractivity contribution in [3.05, 3.63) is 72.4 Å². The van der Waals surface area contributed by atoms with Gasteiger partial charge >= 0.3 is 0 Å². The first-order valence-electron chi connectivity index (χ1n) is 7.73. The molecule has 0 fully saturated rings. The molecule has 0 bridgehead atoms. The number of aromatic nitrogens is 1. The number of rotatable bonds is 1. The van der Waals surface area contributed by atoms with Crippen LogP contribution >= 0.6 is 0 Å². The molecule has 3 nitrogen and oxygen atoms in total. The summed E-state index contributed by atoms with van der Waals surface area (Å²) in [5.74, 6) is 0.910. The average Bonchev–Trinajstić information content (AvgIpc) is 2.93. The van der Waals surface area contributed by atoms with Gasteiger partial charge in [-0.3, -0.25) is 0 Å². The van der Waals surface area contributed by atoms with Gasteiger partial charge in [0.15, 0.2) is 0 Å². The van der Waals surface area contributed by atoms with Crippen LogP contribution in [-0.4, -0.2) is 10.4 Å². The summed E-state index contributed by atoms with van der Waals surface area (Å²) in [7, 11) is 2.07. The van der Waals surface area contributed by atoms with Gasteiger partial charge < -0.3 is 9.88 Å². The Labute approximate surface area is 133 Å². The molecule has 0 saturated heterocycles. The lowest BCUT2D eigenvalue weighted by Gasteiger charge is -2.18. The maximum Gasteiger partial charge on any atom is 0.140 e. The van der Waals surface area contributed by atoms with Gasteiger partial charge in [0.05, 0.1) is 5.69 Å². The molecular formula is C20H15N3. The van der Waals surface area contributed by atoms with Crippen LogP contribution in [0.4, 0.5) is 11.4 Å². The van der Waals surface area contributed by atoms with Crippen molar-refractivity contribution >= 4 is 38.9 Å². The van der Waals surface area contributed by atoms with Crippen LogP contribution in [0.5, 0.6) is 0 Å². The maximum absolute atomic E-state index is 4.89. The lowest BCUT2D eigenvalue weighted by Crippen LogP contribution is -2.15. The molecule has 3 aromatic carbocycles. The zero-order chi connectivity index (χ0) is 15.4. The summed E-state index contributed by atoms with van der Waals surface area (Å²) in [6, 6.07) is 21.0. The zero-order valence-electron chi connectivity index (χ0n) is 12.7. The second kappa shape index (κ2) is 4.46. The highest BCUT2D eigenvalue weighted by molar-refractivity contribution is 6.22. The monoisotopic (exact) mass is 297 g/mol. The number of amidine groups is 1. The van der Waals surface area contributed by atoms with Gasteiger partial charge in [0.25, 0.3) is 0 Å². The molecule has 0 amide bonds. The van der Waals surface area contributed by atoms with E-state index in [4.69, 9.17) is 4.99 Å². The van der Waals surface area contributed by atoms with E-state index < -0.39 is 0 Å². The number of hydrogen-bond donors (Lipinski definition) is 1. The lowest BCUT2D eigenvalue weighted by atomic mass is 10.0. The third-order valence-corrected chi connectivity index (χ3v) is 4.52. The summed E-state index contributed by atoms with van der Waals surface area (Å²) >= 11 is 0. The Morgan fingerprint density at radius 1 is 0.913 bits per heavy atom. The molecule has 1 aliphatic heterocycles. The molecule has 0 saturated carbocycles. The summed E-state index contributed by atoms with van der Waals surface area (Å²) in [4.78, 5) is 4.89. The van der Waals surface area contributed by atoms with Gasteiger partial charge in [-0.1, -0.05) is 42.5 Å². The van der Waals surface area contributed by atoms with Crippen LogP contribution < -0.4 is 5.32 Å². The van der Waals surface area contributed by atoms with Crippen LogP contribution in [0.1, 0.15) is 5.56 Å². The van der Waals surface area contributed by atoms with Crippen molar-refractivity contribution in [2.45, 2.75) is 0 Å². The van der Waals surface area contributed by atoms with Crippen molar-refractivity contribution in [1.29, 1.82) is 0 Å². The standard InChI is InChI=1S/C20H15N3/c1-23-12-15(14-8-2-3-11-18(14)23)20-21-16-9-4-6-13-7-5-10-17(22-20)19(13)16/h2-12H,1H3,(H,21,22). The minimum Gasteiger partial charge on any atom is -0.350 e. The number of hydrogen-bond acceptors (Lipinski definition) is 2. The van der Waals surface area contributed by atoms with Crippen LogP contribution in [0, 0.1) is 0 Å². The third-order valence-electron chi connectivity index (χ3n) is 4.52. The van der Waals surface area contributed by atoms with E-state index in [-0.39, 0.29) is 0 Å². The minimum absolute atomic E-state index is 0.910. The van der Waals surface area contributed by atoms with Crippen molar-refractivity contribution in [2.75, 3.05) is 5.32 Å². The predicted molar refractivity (Wildman–Crippen MR) is 96.7 cm³/mol. The smallest absolute Gasteiger partial charge is 0.140 e. The number of nitrogens with zero attached hydrogens (tertiary/aromatic N) is 2. The molecule has 0 unspecified atom stereocenters. The molecule has 0 atom stereocenters. The highest BCUT2D eigenvalue weighted by atomic mass is 15.0. The minimum atomic E-state index is 0.910. The van der Waals surface area contributed by atoms with Crippen LogP contribution in [0.3, 0.4) is 0 Å². The van der Waals surface area contributed by atoms with Crippen molar-refractivity contribution < 1.29 is 0 Å². The van der Waals surface area contributed by atoms with Gasteiger partial charge in [-0.05, 0) is 23.6 Å². The molecule has 5 rings (SSSR count). The van der Waals surface area contributed by atoms with Crippen LogP contribution in [0.2, 0.25) is 0 Å². The first kappa shape index (κ1) is 12.5. The quantitative estimate of drug-likeness (QED) is 0.535. The number of nitrogens with one attached hydrogen (secondary N) is 1. The second-order valence-corrected chi connectivity index (χ2v) is 5.94. The van der Waals surface area contributed by atoms with E-state index >= 15 is 0 Å². The van der Waals surface area contributed by atoms with Crippen molar-refractivity contribution in [2.24, 2.45) is 12.0 Å². The highest BCUT2D eigenvalue weighted by Crippen LogP contribution is 2.37. The van der Waals surface area contributed by atoms with Crippen LogP contribution in [0.15, 0.2) is 71.9 Å². The maximum atomic E-state index is 4.89. The molecule has 1 aliphatic rings. The molecular weight excluding hydrogens is 282 g/mol. The molecule has 2 heterocycles. The molecule has 0 radical (unpaired) electrons. The third kappa shape index (κ3) is 1.73. The molecule has 110 valence electrons. The molecule has 1 aromatic heterocycles. The molecule has 0 spiro atoms. The van der Waals surface area contributed by atoms with E-state index in [0.29, 0.717) is 0 Å². The SMILES string of the molecule is Cn1cc(C2=Nc3cccc4cccc(c34)N2)c2ccccc21. The predicted octanol–water partition coefficient (Wildman–Crippen LogP) is 4.84. The summed E-state index contributed by atoms with van der Waals surface area (Å²) in [5, 5.41) is 7.14. The first-order valence-corrected chi connectivity index (χ1v) is 7.73. The molecule has 3 heteroatoms. The Hall–Kier alpha value is -3.07. The van der Waals surface area contributed by atoms with E-state index in [1.165, 1.54) is 21.7 Å². The van der Waals surface area contributed by atoms with Gasteiger partial charge in [-0.2, -0.15) is 0 Å². The fourth-order valence-electron chi connectivity index (χ4n) is 3.45. The number of anilines is 1. The van der Waals surface area contributed by atoms with Gasteiger partial charge in [-0.25, -0.2) is 4.99 Å². The molecule has 4 aromatic rings. The molecule has 1 N–H and O–H groups in total. The molecule has 23 heavy (non-hydrogen) atoms. The second-order valence-electron chi connectivity index (χ2n) is 5.94. The normalized spacial score (nSPS) is 13.2. The summed E-state index contributed by atoms with van der Waals surface area (Å²) in [6.07, 6.45) is 2.14. The average molecular weight is 297 g/mol. The lowest BCUT2D eigenvalue weighted by molar-refractivity contribution is 0.968. The van der Waals surface area contributed by atoms with Gasteiger partial charge in [0.2, 0.25) is 0 Å². The number of para-hydroxylation sites is 1. The fourth-order valence-corrected chi connectivity index (χ4v) is 3.45. The summed E-state index contributed by atoms with van der Waals surface area (Å²) in [6.45, 7) is 0. The Morgan fingerprint density at radius 3 is 2.65 bits per heavy atom. The Balaban J connectivity index is 1.79. The van der Waals surface area contributed by atoms with E-state index in [1.807, 2.05) is 0 Å². The van der Waals surface area contributed by atoms with Crippen molar-refractivity contribution in [3.8, 4) is 0 Å². The fraction of sp³-hybridized carbons (Fsp3) is 0.0500. The summed E-state index contributed by atoms with van der Waals surface area (Å²) in [5.41, 5.74) is 4.49. The van der Waals surface area contributed by atoms with Crippen LogP contribution in [-0.2, 0) is 7.05 Å². The zero-order valence-corrected chi connectivity index (χ0v) is 12.7. The van der Waals surface area contributed by atoms with Gasteiger partial charge in [0.1, 0.15) is 5.84 Å². The highest BCUT2D eigenvalue weighted by Gasteiger charge is 2.18.